The van der Waals surface area contributed by atoms with E-state index in [1.54, 1.807) is 36.4 Å². The van der Waals surface area contributed by atoms with Gasteiger partial charge >= 0.3 is 0 Å². The molecule has 6 heteroatoms. The molecular weight excluding hydrogens is 312 g/mol. The van der Waals surface area contributed by atoms with E-state index in [1.807, 2.05) is 6.92 Å². The van der Waals surface area contributed by atoms with Gasteiger partial charge in [-0.15, -0.1) is 0 Å². The second-order valence-corrected chi connectivity index (χ2v) is 6.84. The first kappa shape index (κ1) is 15.2. The van der Waals surface area contributed by atoms with E-state index in [1.165, 1.54) is 18.2 Å². The van der Waals surface area contributed by atoms with Crippen molar-refractivity contribution in [1.82, 2.24) is 0 Å². The number of hydrogen-bond donors (Lipinski definition) is 1. The molecule has 0 fully saturated rings. The van der Waals surface area contributed by atoms with Crippen molar-refractivity contribution in [3.8, 4) is 0 Å². The summed E-state index contributed by atoms with van der Waals surface area (Å²) in [6.07, 6.45) is 1.30. The standard InChI is InChI=1S/C17H14N2O3S/c1-11-6-8-12(9-7-11)23(21,22)19-16-10-15(18)17(20)14-5-3-2-4-13(14)16/h2-10H,18H2,1H3/b19-16+. The molecule has 0 amide bonds. The fraction of sp³-hybridized carbons (Fsp3) is 0.0588. The minimum atomic E-state index is -3.88. The van der Waals surface area contributed by atoms with Crippen molar-refractivity contribution >= 4 is 21.5 Å². The van der Waals surface area contributed by atoms with Crippen molar-refractivity contribution in [2.24, 2.45) is 10.1 Å². The molecule has 116 valence electrons. The zero-order valence-corrected chi connectivity index (χ0v) is 13.2. The van der Waals surface area contributed by atoms with E-state index in [4.69, 9.17) is 5.73 Å². The van der Waals surface area contributed by atoms with Gasteiger partial charge in [0.2, 0.25) is 5.78 Å². The second-order valence-electron chi connectivity index (χ2n) is 5.24. The number of fused-ring (bicyclic) bond motifs is 1. The molecule has 0 aliphatic heterocycles. The Bertz CT molecular complexity index is 956. The molecule has 0 saturated carbocycles. The van der Waals surface area contributed by atoms with Gasteiger partial charge in [0.15, 0.2) is 0 Å². The van der Waals surface area contributed by atoms with Crippen LogP contribution >= 0.6 is 0 Å². The second kappa shape index (κ2) is 5.48. The van der Waals surface area contributed by atoms with Crippen molar-refractivity contribution in [1.29, 1.82) is 0 Å². The fourth-order valence-corrected chi connectivity index (χ4v) is 3.31. The molecule has 0 atom stereocenters. The molecule has 0 bridgehead atoms. The van der Waals surface area contributed by atoms with Gasteiger partial charge in [-0.3, -0.25) is 4.79 Å². The highest BCUT2D eigenvalue weighted by atomic mass is 32.2. The molecule has 23 heavy (non-hydrogen) atoms. The predicted molar refractivity (Wildman–Crippen MR) is 87.9 cm³/mol. The van der Waals surface area contributed by atoms with Gasteiger partial charge in [-0.1, -0.05) is 42.0 Å². The lowest BCUT2D eigenvalue weighted by atomic mass is 9.93. The Morgan fingerprint density at radius 3 is 2.22 bits per heavy atom. The maximum atomic E-state index is 12.5. The molecule has 0 spiro atoms. The zero-order chi connectivity index (χ0) is 16.6. The lowest BCUT2D eigenvalue weighted by Crippen LogP contribution is -2.22. The van der Waals surface area contributed by atoms with Gasteiger partial charge in [0.25, 0.3) is 10.0 Å². The molecular formula is C17H14N2O3S. The van der Waals surface area contributed by atoms with Crippen LogP contribution in [0.4, 0.5) is 0 Å². The number of ketones is 1. The number of hydrogen-bond acceptors (Lipinski definition) is 4. The quantitative estimate of drug-likeness (QED) is 0.916. The number of carbonyl (C=O) groups excluding carboxylic acids is 1. The van der Waals surface area contributed by atoms with Gasteiger partial charge < -0.3 is 5.73 Å². The van der Waals surface area contributed by atoms with E-state index in [0.717, 1.165) is 5.56 Å². The lowest BCUT2D eigenvalue weighted by Gasteiger charge is -2.14. The number of allylic oxidation sites excluding steroid dienone is 2. The number of sulfonamides is 1. The van der Waals surface area contributed by atoms with E-state index >= 15 is 0 Å². The molecule has 2 N–H and O–H groups in total. The number of nitrogens with zero attached hydrogens (tertiary/aromatic N) is 1. The Balaban J connectivity index is 2.15. The van der Waals surface area contributed by atoms with Gasteiger partial charge in [0.1, 0.15) is 0 Å². The maximum absolute atomic E-state index is 12.5. The SMILES string of the molecule is Cc1ccc(S(=O)(=O)/N=C2\C=C(N)C(=O)c3ccccc32)cc1. The predicted octanol–water partition coefficient (Wildman–Crippen LogP) is 2.21. The van der Waals surface area contributed by atoms with Gasteiger partial charge in [-0.25, -0.2) is 0 Å². The molecule has 0 saturated heterocycles. The Hall–Kier alpha value is -2.73. The third-order valence-corrected chi connectivity index (χ3v) is 4.84. The number of Topliss-reactive ketones (excluding diaryl/α,β-unsaturated/α-hetero) is 1. The maximum Gasteiger partial charge on any atom is 0.282 e. The summed E-state index contributed by atoms with van der Waals surface area (Å²) in [5, 5.41) is 0. The summed E-state index contributed by atoms with van der Waals surface area (Å²) >= 11 is 0. The molecule has 5 nitrogen and oxygen atoms in total. The molecule has 0 aromatic heterocycles. The Kier molecular flexibility index (Phi) is 3.61. The van der Waals surface area contributed by atoms with E-state index in [9.17, 15) is 13.2 Å². The number of carbonyl (C=O) groups is 1. The van der Waals surface area contributed by atoms with Crippen LogP contribution in [0.5, 0.6) is 0 Å². The molecule has 2 aromatic rings. The Morgan fingerprint density at radius 2 is 1.57 bits per heavy atom. The van der Waals surface area contributed by atoms with Crippen molar-refractivity contribution in [3.63, 3.8) is 0 Å². The van der Waals surface area contributed by atoms with Crippen molar-refractivity contribution in [2.75, 3.05) is 0 Å². The van der Waals surface area contributed by atoms with Crippen LogP contribution in [0.15, 0.2) is 69.6 Å². The average Bonchev–Trinajstić information content (AvgIpc) is 2.52. The minimum Gasteiger partial charge on any atom is -0.395 e. The smallest absolute Gasteiger partial charge is 0.282 e. The van der Waals surface area contributed by atoms with Gasteiger partial charge in [-0.2, -0.15) is 12.8 Å². The summed E-state index contributed by atoms with van der Waals surface area (Å²) in [5.41, 5.74) is 7.60. The minimum absolute atomic E-state index is 0.0263. The summed E-state index contributed by atoms with van der Waals surface area (Å²) in [7, 11) is -3.88. The van der Waals surface area contributed by atoms with Crippen LogP contribution in [0.25, 0.3) is 0 Å². The summed E-state index contributed by atoms with van der Waals surface area (Å²) in [4.78, 5) is 12.1. The average molecular weight is 326 g/mol. The molecule has 1 aliphatic carbocycles. The van der Waals surface area contributed by atoms with Gasteiger partial charge in [0.05, 0.1) is 16.3 Å². The van der Waals surface area contributed by atoms with Crippen molar-refractivity contribution in [2.45, 2.75) is 11.8 Å². The van der Waals surface area contributed by atoms with Crippen molar-refractivity contribution < 1.29 is 13.2 Å². The topological polar surface area (TPSA) is 89.6 Å². The number of aryl methyl sites for hydroxylation is 1. The molecule has 3 rings (SSSR count). The summed E-state index contributed by atoms with van der Waals surface area (Å²) in [5.74, 6) is -0.327. The third kappa shape index (κ3) is 2.80. The number of rotatable bonds is 2. The molecule has 2 aromatic carbocycles. The van der Waals surface area contributed by atoms with Crippen LogP contribution in [-0.2, 0) is 10.0 Å². The monoisotopic (exact) mass is 326 g/mol. The molecule has 0 unspecified atom stereocenters. The number of benzene rings is 2. The summed E-state index contributed by atoms with van der Waals surface area (Å²) in [6.45, 7) is 1.87. The molecule has 0 radical (unpaired) electrons. The van der Waals surface area contributed by atoms with Crippen LogP contribution in [-0.4, -0.2) is 19.9 Å². The zero-order valence-electron chi connectivity index (χ0n) is 12.4. The highest BCUT2D eigenvalue weighted by molar-refractivity contribution is 7.90. The summed E-state index contributed by atoms with van der Waals surface area (Å²) < 4.78 is 28.8. The highest BCUT2D eigenvalue weighted by Gasteiger charge is 2.24. The normalized spacial score (nSPS) is 16.1. The first-order valence-corrected chi connectivity index (χ1v) is 8.35. The first-order valence-electron chi connectivity index (χ1n) is 6.91. The fourth-order valence-electron chi connectivity index (χ4n) is 2.32. The van der Waals surface area contributed by atoms with E-state index in [-0.39, 0.29) is 22.1 Å². The highest BCUT2D eigenvalue weighted by Crippen LogP contribution is 2.22. The van der Waals surface area contributed by atoms with Crippen LogP contribution in [0.1, 0.15) is 21.5 Å². The van der Waals surface area contributed by atoms with E-state index in [2.05, 4.69) is 4.40 Å². The van der Waals surface area contributed by atoms with Crippen LogP contribution in [0, 0.1) is 6.92 Å². The molecule has 0 heterocycles. The summed E-state index contributed by atoms with van der Waals surface area (Å²) in [6, 6.07) is 13.1. The number of nitrogens with two attached hydrogens (primary N) is 1. The van der Waals surface area contributed by atoms with Crippen molar-refractivity contribution in [3.05, 3.63) is 77.0 Å². The first-order chi connectivity index (χ1) is 10.9. The lowest BCUT2D eigenvalue weighted by molar-refractivity contribution is 0.103. The van der Waals surface area contributed by atoms with Crippen LogP contribution < -0.4 is 5.73 Å². The van der Waals surface area contributed by atoms with E-state index in [0.29, 0.717) is 11.1 Å². The molecule has 1 aliphatic rings. The largest absolute Gasteiger partial charge is 0.395 e. The van der Waals surface area contributed by atoms with Gasteiger partial charge in [-0.05, 0) is 25.1 Å². The van der Waals surface area contributed by atoms with Crippen LogP contribution in [0.2, 0.25) is 0 Å². The van der Waals surface area contributed by atoms with Gasteiger partial charge in [0, 0.05) is 11.1 Å². The Labute approximate surface area is 134 Å². The third-order valence-electron chi connectivity index (χ3n) is 3.54. The Morgan fingerprint density at radius 1 is 0.957 bits per heavy atom. The van der Waals surface area contributed by atoms with Crippen LogP contribution in [0.3, 0.4) is 0 Å². The van der Waals surface area contributed by atoms with E-state index < -0.39 is 10.0 Å².